The SMILES string of the molecule is C/C=C1\C[N+]2(C)CCC34C(=C(C=O)C1CC32)Nc1c(OC)cccc14.[I-]. The second kappa shape index (κ2) is 5.83. The average molecular weight is 464 g/mol. The minimum Gasteiger partial charge on any atom is -1.00 e. The lowest BCUT2D eigenvalue weighted by Gasteiger charge is -2.51. The largest absolute Gasteiger partial charge is 1.00 e. The molecule has 0 aromatic heterocycles. The number of anilines is 1. The third kappa shape index (κ3) is 1.91. The lowest BCUT2D eigenvalue weighted by Crippen LogP contribution is -3.00. The molecule has 2 fully saturated rings. The Kier molecular flexibility index (Phi) is 4.04. The third-order valence-corrected chi connectivity index (χ3v) is 7.37. The number of methoxy groups -OCH3 is 1. The van der Waals surface area contributed by atoms with Crippen LogP contribution >= 0.6 is 0 Å². The summed E-state index contributed by atoms with van der Waals surface area (Å²) in [6, 6.07) is 6.86. The molecular formula is C21H25IN2O2. The van der Waals surface area contributed by atoms with Crippen molar-refractivity contribution in [1.29, 1.82) is 0 Å². The van der Waals surface area contributed by atoms with Gasteiger partial charge in [0.1, 0.15) is 24.6 Å². The van der Waals surface area contributed by atoms with Crippen LogP contribution in [0.25, 0.3) is 0 Å². The summed E-state index contributed by atoms with van der Waals surface area (Å²) >= 11 is 0. The van der Waals surface area contributed by atoms with Crippen LogP contribution in [0.4, 0.5) is 5.69 Å². The van der Waals surface area contributed by atoms with Gasteiger partial charge in [-0.2, -0.15) is 0 Å². The van der Waals surface area contributed by atoms with Crippen molar-refractivity contribution in [2.75, 3.05) is 32.6 Å². The molecular weight excluding hydrogens is 439 g/mol. The van der Waals surface area contributed by atoms with Gasteiger partial charge in [-0.15, -0.1) is 0 Å². The van der Waals surface area contributed by atoms with Gasteiger partial charge in [0.05, 0.1) is 31.8 Å². The van der Waals surface area contributed by atoms with Crippen LogP contribution in [0.2, 0.25) is 0 Å². The number of nitrogens with one attached hydrogen (secondary N) is 1. The summed E-state index contributed by atoms with van der Waals surface area (Å²) in [7, 11) is 4.12. The van der Waals surface area contributed by atoms with Crippen molar-refractivity contribution in [3.8, 4) is 5.75 Å². The molecule has 0 saturated carbocycles. The van der Waals surface area contributed by atoms with E-state index in [9.17, 15) is 4.79 Å². The van der Waals surface area contributed by atoms with E-state index in [0.29, 0.717) is 6.04 Å². The van der Waals surface area contributed by atoms with Crippen molar-refractivity contribution >= 4 is 12.0 Å². The predicted octanol–water partition coefficient (Wildman–Crippen LogP) is 0.0142. The van der Waals surface area contributed by atoms with Crippen LogP contribution < -0.4 is 34.0 Å². The summed E-state index contributed by atoms with van der Waals surface area (Å²) in [5.41, 5.74) is 5.90. The average Bonchev–Trinajstić information content (AvgIpc) is 3.14. The number of carbonyl (C=O) groups is 1. The van der Waals surface area contributed by atoms with E-state index in [2.05, 4.69) is 37.5 Å². The Bertz CT molecular complexity index is 862. The van der Waals surface area contributed by atoms with Gasteiger partial charge in [0, 0.05) is 30.0 Å². The number of benzene rings is 1. The number of fused-ring (bicyclic) bond motifs is 2. The zero-order valence-corrected chi connectivity index (χ0v) is 17.7. The summed E-state index contributed by atoms with van der Waals surface area (Å²) in [4.78, 5) is 12.2. The van der Waals surface area contributed by atoms with Gasteiger partial charge in [-0.25, -0.2) is 0 Å². The molecule has 1 aromatic rings. The molecule has 1 aliphatic carbocycles. The Morgan fingerprint density at radius 3 is 2.88 bits per heavy atom. The van der Waals surface area contributed by atoms with E-state index in [-0.39, 0.29) is 35.3 Å². The standard InChI is InChI=1S/C21H24N2O2.HI/c1-4-13-11-23(2)9-8-21-16-6-5-7-17(25-3)19(16)22-20(21)15(12-24)14(13)10-18(21)23;/h4-7,12,14,18H,8-11H2,1-3H3;1H/b13-4+;. The molecule has 0 radical (unpaired) electrons. The summed E-state index contributed by atoms with van der Waals surface area (Å²) in [5.74, 6) is 1.15. The molecule has 3 aliphatic heterocycles. The second-order valence-corrected chi connectivity index (χ2v) is 8.21. The first-order valence-electron chi connectivity index (χ1n) is 9.22. The van der Waals surface area contributed by atoms with Gasteiger partial charge in [0.15, 0.2) is 0 Å². The number of allylic oxidation sites excluding steroid dienone is 2. The Labute approximate surface area is 171 Å². The predicted molar refractivity (Wildman–Crippen MR) is 97.6 cm³/mol. The van der Waals surface area contributed by atoms with Crippen molar-refractivity contribution in [3.63, 3.8) is 0 Å². The van der Waals surface area contributed by atoms with Gasteiger partial charge >= 0.3 is 0 Å². The highest BCUT2D eigenvalue weighted by atomic mass is 127. The number of para-hydroxylation sites is 1. The van der Waals surface area contributed by atoms with Crippen LogP contribution in [0.3, 0.4) is 0 Å². The van der Waals surface area contributed by atoms with Crippen LogP contribution in [-0.2, 0) is 10.2 Å². The lowest BCUT2D eigenvalue weighted by atomic mass is 9.61. The molecule has 1 N–H and O–H groups in total. The monoisotopic (exact) mass is 464 g/mol. The Hall–Kier alpha value is -1.34. The maximum absolute atomic E-state index is 12.2. The molecule has 1 spiro atoms. The summed E-state index contributed by atoms with van der Waals surface area (Å²) in [5, 5.41) is 3.65. The zero-order valence-electron chi connectivity index (χ0n) is 15.5. The minimum absolute atomic E-state index is 0. The van der Waals surface area contributed by atoms with Crippen LogP contribution in [0.5, 0.6) is 5.75 Å². The number of ether oxygens (including phenoxy) is 1. The molecule has 4 atom stereocenters. The molecule has 2 bridgehead atoms. The summed E-state index contributed by atoms with van der Waals surface area (Å²) < 4.78 is 6.71. The fraction of sp³-hybridized carbons (Fsp3) is 0.476. The van der Waals surface area contributed by atoms with Crippen molar-refractivity contribution < 1.29 is 38.0 Å². The van der Waals surface area contributed by atoms with Gasteiger partial charge in [0.25, 0.3) is 0 Å². The molecule has 4 aliphatic rings. The zero-order chi connectivity index (χ0) is 17.4. The number of likely N-dealkylation sites (N-methyl/N-ethyl adjacent to an activating group) is 1. The van der Waals surface area contributed by atoms with E-state index in [1.165, 1.54) is 11.1 Å². The summed E-state index contributed by atoms with van der Waals surface area (Å²) in [6.45, 7) is 4.34. The van der Waals surface area contributed by atoms with Crippen molar-refractivity contribution in [1.82, 2.24) is 0 Å². The maximum atomic E-state index is 12.2. The quantitative estimate of drug-likeness (QED) is 0.290. The smallest absolute Gasteiger partial charge is 0.148 e. The molecule has 0 amide bonds. The highest BCUT2D eigenvalue weighted by molar-refractivity contribution is 5.86. The molecule has 26 heavy (non-hydrogen) atoms. The molecule has 5 rings (SSSR count). The van der Waals surface area contributed by atoms with Crippen LogP contribution in [0.15, 0.2) is 41.1 Å². The van der Waals surface area contributed by atoms with Gasteiger partial charge < -0.3 is 38.5 Å². The van der Waals surface area contributed by atoms with E-state index in [1.807, 2.05) is 6.07 Å². The van der Waals surface area contributed by atoms with Gasteiger partial charge in [-0.1, -0.05) is 18.2 Å². The number of piperidine rings is 1. The van der Waals surface area contributed by atoms with E-state index >= 15 is 0 Å². The first kappa shape index (κ1) is 18.0. The number of hydrogen-bond acceptors (Lipinski definition) is 3. The van der Waals surface area contributed by atoms with E-state index in [0.717, 1.165) is 59.4 Å². The highest BCUT2D eigenvalue weighted by Gasteiger charge is 2.67. The molecule has 2 saturated heterocycles. The molecule has 138 valence electrons. The second-order valence-electron chi connectivity index (χ2n) is 8.21. The van der Waals surface area contributed by atoms with Crippen molar-refractivity contribution in [3.05, 3.63) is 46.7 Å². The fourth-order valence-electron chi connectivity index (χ4n) is 6.28. The molecule has 4 nitrogen and oxygen atoms in total. The summed E-state index contributed by atoms with van der Waals surface area (Å²) in [6.07, 6.45) is 5.52. The van der Waals surface area contributed by atoms with E-state index < -0.39 is 0 Å². The number of carbonyl (C=O) groups excluding carboxylic acids is 1. The topological polar surface area (TPSA) is 38.3 Å². The molecule has 5 heteroatoms. The first-order chi connectivity index (χ1) is 12.1. The Morgan fingerprint density at radius 1 is 1.38 bits per heavy atom. The highest BCUT2D eigenvalue weighted by Crippen LogP contribution is 2.63. The molecule has 3 heterocycles. The van der Waals surface area contributed by atoms with Gasteiger partial charge in [-0.05, 0) is 24.1 Å². The number of nitrogens with zero attached hydrogens (tertiary/aromatic N) is 1. The first-order valence-corrected chi connectivity index (χ1v) is 9.22. The number of rotatable bonds is 2. The number of aldehydes is 1. The Morgan fingerprint density at radius 2 is 2.19 bits per heavy atom. The molecule has 4 unspecified atom stereocenters. The van der Waals surface area contributed by atoms with Crippen LogP contribution in [0.1, 0.15) is 25.3 Å². The maximum Gasteiger partial charge on any atom is 0.148 e. The van der Waals surface area contributed by atoms with Gasteiger partial charge in [0.2, 0.25) is 0 Å². The van der Waals surface area contributed by atoms with Crippen molar-refractivity contribution in [2.24, 2.45) is 5.92 Å². The number of halogens is 1. The molecule has 1 aromatic carbocycles. The normalized spacial score (nSPS) is 37.6. The number of hydrogen-bond donors (Lipinski definition) is 1. The number of quaternary nitrogens is 1. The Balaban J connectivity index is 0.00000168. The minimum atomic E-state index is -0.0510. The van der Waals surface area contributed by atoms with Crippen LogP contribution in [-0.4, -0.2) is 44.1 Å². The lowest BCUT2D eigenvalue weighted by molar-refractivity contribution is -0.923. The van der Waals surface area contributed by atoms with E-state index in [1.54, 1.807) is 7.11 Å². The fourth-order valence-corrected chi connectivity index (χ4v) is 6.28. The third-order valence-electron chi connectivity index (χ3n) is 7.37. The van der Waals surface area contributed by atoms with Crippen molar-refractivity contribution in [2.45, 2.75) is 31.2 Å². The van der Waals surface area contributed by atoms with E-state index in [4.69, 9.17) is 4.74 Å². The van der Waals surface area contributed by atoms with Crippen LogP contribution in [0, 0.1) is 5.92 Å². The van der Waals surface area contributed by atoms with Gasteiger partial charge in [-0.3, -0.25) is 4.79 Å².